The Kier molecular flexibility index (Phi) is 5.84. The van der Waals surface area contributed by atoms with Crippen LogP contribution in [0.5, 0.6) is 11.5 Å². The number of nitrogens with zero attached hydrogens (tertiary/aromatic N) is 1. The molecule has 1 aliphatic carbocycles. The van der Waals surface area contributed by atoms with E-state index >= 15 is 0 Å². The van der Waals surface area contributed by atoms with Crippen LogP contribution in [0.1, 0.15) is 24.0 Å². The molecule has 0 spiro atoms. The van der Waals surface area contributed by atoms with Gasteiger partial charge in [-0.3, -0.25) is 4.79 Å². The van der Waals surface area contributed by atoms with Crippen LogP contribution < -0.4 is 9.47 Å². The third-order valence-electron chi connectivity index (χ3n) is 4.39. The monoisotopic (exact) mass is 371 g/mol. The smallest absolute Gasteiger partial charge is 0.247 e. The largest absolute Gasteiger partial charge is 0.497 e. The molecule has 1 amide bonds. The van der Waals surface area contributed by atoms with E-state index in [-0.39, 0.29) is 5.91 Å². The van der Waals surface area contributed by atoms with Crippen molar-refractivity contribution in [2.75, 3.05) is 14.2 Å². The summed E-state index contributed by atoms with van der Waals surface area (Å²) < 4.78 is 10.7. The van der Waals surface area contributed by atoms with Gasteiger partial charge in [0.2, 0.25) is 5.91 Å². The molecule has 2 aromatic carbocycles. The zero-order valence-electron chi connectivity index (χ0n) is 14.9. The highest BCUT2D eigenvalue weighted by molar-refractivity contribution is 6.30. The van der Waals surface area contributed by atoms with Crippen molar-refractivity contribution < 1.29 is 14.3 Å². The van der Waals surface area contributed by atoms with E-state index in [1.54, 1.807) is 20.3 Å². The number of halogens is 1. The van der Waals surface area contributed by atoms with E-state index in [1.165, 1.54) is 0 Å². The Hall–Kier alpha value is -2.46. The van der Waals surface area contributed by atoms with Crippen molar-refractivity contribution in [2.45, 2.75) is 25.4 Å². The Morgan fingerprint density at radius 2 is 1.88 bits per heavy atom. The number of amides is 1. The third-order valence-corrected chi connectivity index (χ3v) is 4.65. The van der Waals surface area contributed by atoms with Crippen molar-refractivity contribution in [3.05, 3.63) is 64.7 Å². The van der Waals surface area contributed by atoms with Gasteiger partial charge in [-0.25, -0.2) is 0 Å². The van der Waals surface area contributed by atoms with Crippen molar-refractivity contribution >= 4 is 23.6 Å². The van der Waals surface area contributed by atoms with Crippen LogP contribution in [0.4, 0.5) is 0 Å². The lowest BCUT2D eigenvalue weighted by Crippen LogP contribution is -2.31. The van der Waals surface area contributed by atoms with E-state index in [1.807, 2.05) is 53.4 Å². The number of hydrogen-bond acceptors (Lipinski definition) is 3. The lowest BCUT2D eigenvalue weighted by Gasteiger charge is -2.22. The number of benzene rings is 2. The molecule has 136 valence electrons. The Bertz CT molecular complexity index is 797. The molecule has 0 atom stereocenters. The molecule has 0 unspecified atom stereocenters. The van der Waals surface area contributed by atoms with Gasteiger partial charge in [-0.2, -0.15) is 0 Å². The summed E-state index contributed by atoms with van der Waals surface area (Å²) in [5, 5.41) is 0.680. The molecule has 4 nitrogen and oxygen atoms in total. The van der Waals surface area contributed by atoms with Gasteiger partial charge in [-0.05, 0) is 48.7 Å². The second kappa shape index (κ2) is 8.28. The first-order valence-electron chi connectivity index (χ1n) is 8.56. The molecule has 26 heavy (non-hydrogen) atoms. The number of hydrogen-bond donors (Lipinski definition) is 0. The van der Waals surface area contributed by atoms with Crippen LogP contribution in [0.15, 0.2) is 48.5 Å². The van der Waals surface area contributed by atoms with Crippen LogP contribution in [-0.4, -0.2) is 31.1 Å². The minimum Gasteiger partial charge on any atom is -0.497 e. The first-order valence-corrected chi connectivity index (χ1v) is 8.93. The Morgan fingerprint density at radius 3 is 2.50 bits per heavy atom. The lowest BCUT2D eigenvalue weighted by molar-refractivity contribution is -0.127. The number of rotatable bonds is 7. The molecule has 0 aromatic heterocycles. The van der Waals surface area contributed by atoms with Gasteiger partial charge in [0.15, 0.2) is 0 Å². The van der Waals surface area contributed by atoms with Crippen molar-refractivity contribution in [1.82, 2.24) is 4.90 Å². The summed E-state index contributed by atoms with van der Waals surface area (Å²) in [7, 11) is 3.25. The molecular formula is C21H22ClNO3. The molecule has 1 aliphatic rings. The minimum atomic E-state index is 0.000297. The third kappa shape index (κ3) is 4.58. The lowest BCUT2D eigenvalue weighted by atomic mass is 10.1. The number of ether oxygens (including phenoxy) is 2. The molecule has 0 radical (unpaired) electrons. The predicted octanol–water partition coefficient (Wildman–Crippen LogP) is 4.56. The summed E-state index contributed by atoms with van der Waals surface area (Å²) in [6, 6.07) is 13.4. The first kappa shape index (κ1) is 18.3. The number of methoxy groups -OCH3 is 2. The molecule has 0 saturated heterocycles. The molecule has 5 heteroatoms. The highest BCUT2D eigenvalue weighted by Crippen LogP contribution is 2.32. The zero-order valence-corrected chi connectivity index (χ0v) is 15.7. The van der Waals surface area contributed by atoms with E-state index in [4.69, 9.17) is 21.1 Å². The SMILES string of the molecule is COc1ccc(CN(C(=O)/C=C/c2ccc(Cl)cc2)C2CC2)c(OC)c1. The predicted molar refractivity (Wildman–Crippen MR) is 104 cm³/mol. The maximum Gasteiger partial charge on any atom is 0.247 e. The molecule has 1 saturated carbocycles. The first-order chi connectivity index (χ1) is 12.6. The highest BCUT2D eigenvalue weighted by Gasteiger charge is 2.32. The topological polar surface area (TPSA) is 38.8 Å². The van der Waals surface area contributed by atoms with E-state index in [0.29, 0.717) is 17.6 Å². The van der Waals surface area contributed by atoms with Crippen molar-refractivity contribution in [3.8, 4) is 11.5 Å². The zero-order chi connectivity index (χ0) is 18.5. The fourth-order valence-corrected chi connectivity index (χ4v) is 2.90. The molecule has 0 bridgehead atoms. The van der Waals surface area contributed by atoms with Crippen LogP contribution in [0, 0.1) is 0 Å². The fraction of sp³-hybridized carbons (Fsp3) is 0.286. The Labute approximate surface area is 159 Å². The van der Waals surface area contributed by atoms with Gasteiger partial charge in [-0.1, -0.05) is 23.7 Å². The van der Waals surface area contributed by atoms with Crippen molar-refractivity contribution in [2.24, 2.45) is 0 Å². The molecule has 0 aliphatic heterocycles. The van der Waals surface area contributed by atoms with Gasteiger partial charge in [0.05, 0.1) is 14.2 Å². The summed E-state index contributed by atoms with van der Waals surface area (Å²) in [5.74, 6) is 1.46. The van der Waals surface area contributed by atoms with Gasteiger partial charge in [-0.15, -0.1) is 0 Å². The maximum absolute atomic E-state index is 12.7. The van der Waals surface area contributed by atoms with E-state index in [2.05, 4.69) is 0 Å². The van der Waals surface area contributed by atoms with E-state index < -0.39 is 0 Å². The molecular weight excluding hydrogens is 350 g/mol. The second-order valence-corrected chi connectivity index (χ2v) is 6.70. The molecule has 1 fully saturated rings. The van der Waals surface area contributed by atoms with Crippen LogP contribution in [0.25, 0.3) is 6.08 Å². The van der Waals surface area contributed by atoms with Gasteiger partial charge < -0.3 is 14.4 Å². The summed E-state index contributed by atoms with van der Waals surface area (Å²) >= 11 is 5.90. The quantitative estimate of drug-likeness (QED) is 0.669. The average molecular weight is 372 g/mol. The fourth-order valence-electron chi connectivity index (χ4n) is 2.78. The summed E-state index contributed by atoms with van der Waals surface area (Å²) in [4.78, 5) is 14.6. The van der Waals surface area contributed by atoms with E-state index in [0.717, 1.165) is 35.5 Å². The number of carbonyl (C=O) groups is 1. The molecule has 3 rings (SSSR count). The van der Waals surface area contributed by atoms with Gasteiger partial charge in [0, 0.05) is 35.3 Å². The van der Waals surface area contributed by atoms with Gasteiger partial charge in [0.1, 0.15) is 11.5 Å². The normalized spacial score (nSPS) is 13.7. The Morgan fingerprint density at radius 1 is 1.15 bits per heavy atom. The maximum atomic E-state index is 12.7. The Balaban J connectivity index is 1.75. The minimum absolute atomic E-state index is 0.000297. The van der Waals surface area contributed by atoms with Crippen molar-refractivity contribution in [1.29, 1.82) is 0 Å². The van der Waals surface area contributed by atoms with E-state index in [9.17, 15) is 4.79 Å². The molecule has 0 heterocycles. The van der Waals surface area contributed by atoms with Crippen LogP contribution in [0.3, 0.4) is 0 Å². The van der Waals surface area contributed by atoms with Crippen molar-refractivity contribution in [3.63, 3.8) is 0 Å². The van der Waals surface area contributed by atoms with Crippen LogP contribution in [0.2, 0.25) is 5.02 Å². The van der Waals surface area contributed by atoms with Crippen LogP contribution in [-0.2, 0) is 11.3 Å². The molecule has 0 N–H and O–H groups in total. The van der Waals surface area contributed by atoms with Gasteiger partial charge >= 0.3 is 0 Å². The number of carbonyl (C=O) groups excluding carboxylic acids is 1. The highest BCUT2D eigenvalue weighted by atomic mass is 35.5. The standard InChI is InChI=1S/C21H22ClNO3/c1-25-19-11-6-16(20(13-19)26-2)14-23(18-9-10-18)21(24)12-5-15-3-7-17(22)8-4-15/h3-8,11-13,18H,9-10,14H2,1-2H3/b12-5+. The summed E-state index contributed by atoms with van der Waals surface area (Å²) in [6.45, 7) is 0.516. The summed E-state index contributed by atoms with van der Waals surface area (Å²) in [5.41, 5.74) is 1.91. The average Bonchev–Trinajstić information content (AvgIpc) is 3.50. The second-order valence-electron chi connectivity index (χ2n) is 6.26. The van der Waals surface area contributed by atoms with Crippen LogP contribution >= 0.6 is 11.6 Å². The molecule has 2 aromatic rings. The summed E-state index contributed by atoms with van der Waals surface area (Å²) in [6.07, 6.45) is 5.52. The van der Waals surface area contributed by atoms with Gasteiger partial charge in [0.25, 0.3) is 0 Å².